The van der Waals surface area contributed by atoms with Crippen LogP contribution in [0.25, 0.3) is 0 Å². The number of hydrogen-bond donors (Lipinski definition) is 1. The van der Waals surface area contributed by atoms with Gasteiger partial charge in [-0.25, -0.2) is 13.4 Å². The van der Waals surface area contributed by atoms with Gasteiger partial charge >= 0.3 is 6.18 Å². The van der Waals surface area contributed by atoms with Crippen LogP contribution in [0.15, 0.2) is 23.4 Å². The van der Waals surface area contributed by atoms with Gasteiger partial charge in [-0.2, -0.15) is 42.0 Å². The van der Waals surface area contributed by atoms with E-state index in [0.29, 0.717) is 17.1 Å². The second kappa shape index (κ2) is 9.51. The highest BCUT2D eigenvalue weighted by molar-refractivity contribution is 7.99. The number of rotatable bonds is 6. The maximum absolute atomic E-state index is 13.6. The van der Waals surface area contributed by atoms with Crippen molar-refractivity contribution in [2.45, 2.75) is 24.2 Å². The number of nitrogens with zero attached hydrogens (tertiary/aromatic N) is 3. The van der Waals surface area contributed by atoms with Gasteiger partial charge in [-0.15, -0.1) is 0 Å². The molecular formula is C17H25F3N4O4S3. The van der Waals surface area contributed by atoms with E-state index in [4.69, 9.17) is 5.73 Å². The topological polar surface area (TPSA) is 114 Å². The van der Waals surface area contributed by atoms with Crippen molar-refractivity contribution in [3.05, 3.63) is 23.9 Å². The molecule has 2 atom stereocenters. The number of pyridine rings is 1. The minimum atomic E-state index is -4.63. The Morgan fingerprint density at radius 3 is 2.42 bits per heavy atom. The molecule has 1 aromatic heterocycles. The van der Waals surface area contributed by atoms with E-state index in [0.717, 1.165) is 4.31 Å². The van der Waals surface area contributed by atoms with Crippen LogP contribution < -0.4 is 5.73 Å². The van der Waals surface area contributed by atoms with Crippen molar-refractivity contribution in [1.82, 2.24) is 13.6 Å². The van der Waals surface area contributed by atoms with Crippen LogP contribution in [0.3, 0.4) is 0 Å². The molecule has 0 radical (unpaired) electrons. The molecule has 8 nitrogen and oxygen atoms in total. The zero-order valence-electron chi connectivity index (χ0n) is 16.7. The minimum Gasteiger partial charge on any atom is -0.326 e. The van der Waals surface area contributed by atoms with Crippen LogP contribution in [0, 0.1) is 11.8 Å². The molecule has 0 amide bonds. The monoisotopic (exact) mass is 502 g/mol. The Bertz CT molecular complexity index is 983. The third kappa shape index (κ3) is 5.90. The summed E-state index contributed by atoms with van der Waals surface area (Å²) >= 11 is 1.58. The van der Waals surface area contributed by atoms with Crippen LogP contribution in [-0.2, 0) is 26.6 Å². The lowest BCUT2D eigenvalue weighted by atomic mass is 9.91. The summed E-state index contributed by atoms with van der Waals surface area (Å²) in [7, 11) is -8.14. The second-order valence-electron chi connectivity index (χ2n) is 7.66. The number of thioether (sulfide) groups is 1. The maximum atomic E-state index is 13.6. The minimum absolute atomic E-state index is 0.0881. The molecule has 0 aromatic carbocycles. The fourth-order valence-electron chi connectivity index (χ4n) is 3.79. The average molecular weight is 503 g/mol. The summed E-state index contributed by atoms with van der Waals surface area (Å²) in [4.78, 5) is 3.83. The van der Waals surface area contributed by atoms with Crippen LogP contribution in [0.5, 0.6) is 0 Å². The summed E-state index contributed by atoms with van der Waals surface area (Å²) in [5.74, 6) is -2.43. The number of sulfone groups is 1. The Hall–Kier alpha value is -0.930. The van der Waals surface area contributed by atoms with Crippen LogP contribution >= 0.6 is 11.8 Å². The number of alkyl halides is 3. The normalized spacial score (nSPS) is 24.9. The summed E-state index contributed by atoms with van der Waals surface area (Å²) in [5.41, 5.74) is 6.05. The Morgan fingerprint density at radius 2 is 1.81 bits per heavy atom. The van der Waals surface area contributed by atoms with E-state index < -0.39 is 56.8 Å². The van der Waals surface area contributed by atoms with E-state index in [1.165, 1.54) is 16.6 Å². The highest BCUT2D eigenvalue weighted by atomic mass is 32.2. The van der Waals surface area contributed by atoms with E-state index >= 15 is 0 Å². The lowest BCUT2D eigenvalue weighted by Gasteiger charge is -2.40. The molecule has 2 N–H and O–H groups in total. The number of piperidine rings is 1. The average Bonchev–Trinajstić information content (AvgIpc) is 2.73. The van der Waals surface area contributed by atoms with Crippen LogP contribution in [-0.4, -0.2) is 80.0 Å². The molecule has 0 saturated carbocycles. The molecule has 1 aromatic rings. The van der Waals surface area contributed by atoms with Crippen molar-refractivity contribution in [3.8, 4) is 0 Å². The van der Waals surface area contributed by atoms with E-state index in [9.17, 15) is 30.0 Å². The fraction of sp³-hybridized carbons (Fsp3) is 0.706. The number of aromatic nitrogens is 1. The predicted molar refractivity (Wildman–Crippen MR) is 111 cm³/mol. The van der Waals surface area contributed by atoms with E-state index in [-0.39, 0.29) is 31.2 Å². The highest BCUT2D eigenvalue weighted by Crippen LogP contribution is 2.37. The summed E-state index contributed by atoms with van der Waals surface area (Å²) in [6.45, 7) is -0.454. The lowest BCUT2D eigenvalue weighted by molar-refractivity contribution is -0.186. The zero-order chi connectivity index (χ0) is 22.9. The Balaban J connectivity index is 1.85. The molecule has 0 spiro atoms. The Morgan fingerprint density at radius 1 is 1.13 bits per heavy atom. The standard InChI is InChI=1S/C17H25F3N4O4S3/c18-17(19,20)15-7-14(12-30(25,26)16-8-13(9-21)1-2-22-16)10-24(11-15)31(27,28)23-3-5-29-6-4-23/h1-2,8,14-15H,3-7,9-12,21H2/t14-,15+/m1/s1. The molecule has 14 heteroatoms. The van der Waals surface area contributed by atoms with Crippen molar-refractivity contribution in [2.75, 3.05) is 43.4 Å². The van der Waals surface area contributed by atoms with Crippen molar-refractivity contribution in [3.63, 3.8) is 0 Å². The summed E-state index contributed by atoms with van der Waals surface area (Å²) in [5, 5.41) is -0.271. The molecule has 0 unspecified atom stereocenters. The van der Waals surface area contributed by atoms with Crippen molar-refractivity contribution >= 4 is 31.8 Å². The van der Waals surface area contributed by atoms with Gasteiger partial charge in [-0.1, -0.05) is 0 Å². The van der Waals surface area contributed by atoms with Gasteiger partial charge in [0.05, 0.1) is 11.7 Å². The first-order chi connectivity index (χ1) is 14.4. The van der Waals surface area contributed by atoms with Gasteiger partial charge < -0.3 is 5.73 Å². The van der Waals surface area contributed by atoms with Gasteiger partial charge in [0.2, 0.25) is 0 Å². The number of halogens is 3. The third-order valence-electron chi connectivity index (χ3n) is 5.40. The maximum Gasteiger partial charge on any atom is 0.393 e. The molecule has 0 aliphatic carbocycles. The molecule has 2 fully saturated rings. The molecule has 2 aliphatic heterocycles. The molecule has 3 rings (SSSR count). The van der Waals surface area contributed by atoms with Crippen LogP contribution in [0.1, 0.15) is 12.0 Å². The SMILES string of the molecule is NCc1ccnc(S(=O)(=O)C[C@@H]2C[C@H](C(F)(F)F)CN(S(=O)(=O)N3CCSCC3)C2)c1. The van der Waals surface area contributed by atoms with Crippen LogP contribution in [0.4, 0.5) is 13.2 Å². The van der Waals surface area contributed by atoms with Crippen molar-refractivity contribution in [2.24, 2.45) is 17.6 Å². The predicted octanol–water partition coefficient (Wildman–Crippen LogP) is 1.11. The summed E-state index contributed by atoms with van der Waals surface area (Å²) in [6.07, 6.45) is -3.81. The second-order valence-corrected chi connectivity index (χ2v) is 12.8. The first-order valence-corrected chi connectivity index (χ1v) is 13.9. The number of hydrogen-bond acceptors (Lipinski definition) is 7. The Labute approximate surface area is 184 Å². The highest BCUT2D eigenvalue weighted by Gasteiger charge is 2.48. The van der Waals surface area contributed by atoms with Gasteiger partial charge in [0, 0.05) is 50.4 Å². The smallest absolute Gasteiger partial charge is 0.326 e. The van der Waals surface area contributed by atoms with Gasteiger partial charge in [0.15, 0.2) is 14.9 Å². The van der Waals surface area contributed by atoms with E-state index in [2.05, 4.69) is 4.98 Å². The van der Waals surface area contributed by atoms with Gasteiger partial charge in [0.1, 0.15) is 0 Å². The molecular weight excluding hydrogens is 477 g/mol. The first-order valence-electron chi connectivity index (χ1n) is 9.71. The third-order valence-corrected chi connectivity index (χ3v) is 10.1. The van der Waals surface area contributed by atoms with Gasteiger partial charge in [-0.05, 0) is 30.0 Å². The summed E-state index contributed by atoms with van der Waals surface area (Å²) in [6, 6.07) is 2.84. The van der Waals surface area contributed by atoms with E-state index in [1.54, 1.807) is 17.8 Å². The van der Waals surface area contributed by atoms with E-state index in [1.807, 2.05) is 0 Å². The molecule has 31 heavy (non-hydrogen) atoms. The van der Waals surface area contributed by atoms with Crippen molar-refractivity contribution < 1.29 is 30.0 Å². The quantitative estimate of drug-likeness (QED) is 0.620. The van der Waals surface area contributed by atoms with Gasteiger partial charge in [-0.3, -0.25) is 0 Å². The molecule has 3 heterocycles. The largest absolute Gasteiger partial charge is 0.393 e. The Kier molecular flexibility index (Phi) is 7.58. The van der Waals surface area contributed by atoms with Crippen LogP contribution in [0.2, 0.25) is 0 Å². The fourth-order valence-corrected chi connectivity index (χ4v) is 8.25. The number of nitrogens with two attached hydrogens (primary N) is 1. The first kappa shape index (κ1) is 24.7. The molecule has 2 saturated heterocycles. The lowest BCUT2D eigenvalue weighted by Crippen LogP contribution is -2.54. The molecule has 0 bridgehead atoms. The zero-order valence-corrected chi connectivity index (χ0v) is 19.1. The molecule has 176 valence electrons. The van der Waals surface area contributed by atoms with Gasteiger partial charge in [0.25, 0.3) is 10.2 Å². The van der Waals surface area contributed by atoms with Crippen molar-refractivity contribution in [1.29, 1.82) is 0 Å². The molecule has 2 aliphatic rings. The summed E-state index contributed by atoms with van der Waals surface area (Å²) < 4.78 is 94.2.